The van der Waals surface area contributed by atoms with Crippen LogP contribution in [0.15, 0.2) is 18.2 Å². The number of hydrogen-bond acceptors (Lipinski definition) is 3. The molecular weight excluding hydrogens is 212 g/mol. The second-order valence-electron chi connectivity index (χ2n) is 5.03. The molecule has 0 atom stereocenters. The van der Waals surface area contributed by atoms with Crippen LogP contribution in [0.1, 0.15) is 26.2 Å². The lowest BCUT2D eigenvalue weighted by Crippen LogP contribution is -2.60. The summed E-state index contributed by atoms with van der Waals surface area (Å²) in [6.45, 7) is 4.36. The Morgan fingerprint density at radius 2 is 2.24 bits per heavy atom. The van der Waals surface area contributed by atoms with Crippen LogP contribution in [-0.2, 0) is 0 Å². The maximum absolute atomic E-state index is 5.52. The lowest BCUT2D eigenvalue weighted by molar-refractivity contribution is 0.238. The van der Waals surface area contributed by atoms with Crippen molar-refractivity contribution < 1.29 is 4.74 Å². The molecule has 3 heteroatoms. The van der Waals surface area contributed by atoms with Crippen LogP contribution in [0.3, 0.4) is 0 Å². The summed E-state index contributed by atoms with van der Waals surface area (Å²) in [5, 5.41) is 3.57. The summed E-state index contributed by atoms with van der Waals surface area (Å²) in [6.07, 6.45) is 3.94. The summed E-state index contributed by atoms with van der Waals surface area (Å²) >= 11 is 0. The molecule has 1 spiro atoms. The van der Waals surface area contributed by atoms with Crippen LogP contribution in [-0.4, -0.2) is 25.7 Å². The van der Waals surface area contributed by atoms with Crippen molar-refractivity contribution >= 4 is 11.4 Å². The molecule has 1 saturated carbocycles. The van der Waals surface area contributed by atoms with E-state index in [0.29, 0.717) is 5.54 Å². The molecule has 0 saturated heterocycles. The number of methoxy groups -OCH3 is 1. The van der Waals surface area contributed by atoms with Gasteiger partial charge in [-0.25, -0.2) is 0 Å². The molecule has 2 aliphatic rings. The van der Waals surface area contributed by atoms with E-state index in [9.17, 15) is 0 Å². The van der Waals surface area contributed by atoms with Gasteiger partial charge in [-0.1, -0.05) is 6.07 Å². The summed E-state index contributed by atoms with van der Waals surface area (Å²) < 4.78 is 5.52. The Bertz CT molecular complexity index is 412. The first-order valence-corrected chi connectivity index (χ1v) is 6.49. The molecule has 0 amide bonds. The van der Waals surface area contributed by atoms with E-state index < -0.39 is 0 Å². The number of nitrogens with one attached hydrogen (secondary N) is 1. The van der Waals surface area contributed by atoms with Gasteiger partial charge in [0.15, 0.2) is 0 Å². The summed E-state index contributed by atoms with van der Waals surface area (Å²) in [5.41, 5.74) is 2.81. The molecule has 1 aromatic rings. The molecular formula is C14H20N2O. The minimum absolute atomic E-state index is 0.344. The van der Waals surface area contributed by atoms with E-state index in [0.717, 1.165) is 18.8 Å². The van der Waals surface area contributed by atoms with Gasteiger partial charge in [0.2, 0.25) is 0 Å². The van der Waals surface area contributed by atoms with Crippen LogP contribution >= 0.6 is 0 Å². The molecule has 17 heavy (non-hydrogen) atoms. The van der Waals surface area contributed by atoms with Gasteiger partial charge >= 0.3 is 0 Å². The zero-order chi connectivity index (χ0) is 11.9. The Morgan fingerprint density at radius 3 is 2.82 bits per heavy atom. The van der Waals surface area contributed by atoms with Crippen LogP contribution in [0.5, 0.6) is 5.75 Å². The monoisotopic (exact) mass is 232 g/mol. The fourth-order valence-electron chi connectivity index (χ4n) is 3.23. The van der Waals surface area contributed by atoms with Crippen molar-refractivity contribution in [2.24, 2.45) is 0 Å². The maximum Gasteiger partial charge on any atom is 0.144 e. The van der Waals surface area contributed by atoms with Crippen molar-refractivity contribution in [1.82, 2.24) is 0 Å². The third kappa shape index (κ3) is 1.41. The fraction of sp³-hybridized carbons (Fsp3) is 0.571. The molecule has 0 aromatic heterocycles. The Hall–Kier alpha value is -1.38. The smallest absolute Gasteiger partial charge is 0.144 e. The van der Waals surface area contributed by atoms with Crippen LogP contribution in [0.2, 0.25) is 0 Å². The number of para-hydroxylation sites is 1. The van der Waals surface area contributed by atoms with Crippen molar-refractivity contribution in [3.8, 4) is 5.75 Å². The van der Waals surface area contributed by atoms with Crippen molar-refractivity contribution in [3.63, 3.8) is 0 Å². The highest BCUT2D eigenvalue weighted by molar-refractivity contribution is 5.80. The van der Waals surface area contributed by atoms with Gasteiger partial charge in [-0.05, 0) is 38.3 Å². The number of ether oxygens (including phenoxy) is 1. The summed E-state index contributed by atoms with van der Waals surface area (Å²) in [5.74, 6) is 0.989. The van der Waals surface area contributed by atoms with Gasteiger partial charge in [0.25, 0.3) is 0 Å². The summed E-state index contributed by atoms with van der Waals surface area (Å²) in [6, 6.07) is 6.25. The summed E-state index contributed by atoms with van der Waals surface area (Å²) in [7, 11) is 1.76. The van der Waals surface area contributed by atoms with Crippen molar-refractivity contribution in [1.29, 1.82) is 0 Å². The maximum atomic E-state index is 5.52. The predicted molar refractivity (Wildman–Crippen MR) is 71.1 cm³/mol. The molecule has 3 nitrogen and oxygen atoms in total. The molecule has 1 aliphatic carbocycles. The van der Waals surface area contributed by atoms with Crippen LogP contribution in [0.25, 0.3) is 0 Å². The molecule has 1 fully saturated rings. The van der Waals surface area contributed by atoms with Gasteiger partial charge in [-0.2, -0.15) is 0 Å². The minimum atomic E-state index is 0.344. The second-order valence-corrected chi connectivity index (χ2v) is 5.03. The number of rotatable bonds is 2. The largest absolute Gasteiger partial charge is 0.495 e. The molecule has 0 unspecified atom stereocenters. The van der Waals surface area contributed by atoms with Crippen LogP contribution in [0, 0.1) is 0 Å². The molecule has 1 heterocycles. The van der Waals surface area contributed by atoms with Gasteiger partial charge in [0.05, 0.1) is 18.3 Å². The number of fused-ring (bicyclic) bond motifs is 1. The van der Waals surface area contributed by atoms with Crippen molar-refractivity contribution in [3.05, 3.63) is 18.2 Å². The quantitative estimate of drug-likeness (QED) is 0.848. The van der Waals surface area contributed by atoms with E-state index >= 15 is 0 Å². The average Bonchev–Trinajstić information content (AvgIpc) is 2.34. The highest BCUT2D eigenvalue weighted by atomic mass is 16.5. The Kier molecular flexibility index (Phi) is 2.42. The third-order valence-electron chi connectivity index (χ3n) is 4.27. The molecule has 3 rings (SSSR count). The number of nitrogens with zero attached hydrogens (tertiary/aromatic N) is 1. The van der Waals surface area contributed by atoms with Crippen molar-refractivity contribution in [2.75, 3.05) is 30.4 Å². The average molecular weight is 232 g/mol. The second kappa shape index (κ2) is 3.83. The van der Waals surface area contributed by atoms with E-state index in [4.69, 9.17) is 4.74 Å². The lowest BCUT2D eigenvalue weighted by Gasteiger charge is -2.54. The van der Waals surface area contributed by atoms with Crippen LogP contribution in [0.4, 0.5) is 11.4 Å². The number of hydrogen-bond donors (Lipinski definition) is 1. The lowest BCUT2D eigenvalue weighted by atomic mass is 9.73. The normalized spacial score (nSPS) is 20.5. The third-order valence-corrected chi connectivity index (χ3v) is 4.27. The van der Waals surface area contributed by atoms with Gasteiger partial charge < -0.3 is 15.0 Å². The first-order chi connectivity index (χ1) is 8.30. The van der Waals surface area contributed by atoms with Gasteiger partial charge in [-0.3, -0.25) is 0 Å². The molecule has 1 aromatic carbocycles. The fourth-order valence-corrected chi connectivity index (χ4v) is 3.23. The first-order valence-electron chi connectivity index (χ1n) is 6.49. The number of anilines is 2. The number of benzene rings is 1. The van der Waals surface area contributed by atoms with E-state index in [1.54, 1.807) is 7.11 Å². The summed E-state index contributed by atoms with van der Waals surface area (Å²) in [4.78, 5) is 2.54. The van der Waals surface area contributed by atoms with E-state index in [1.807, 2.05) is 0 Å². The van der Waals surface area contributed by atoms with Gasteiger partial charge in [0.1, 0.15) is 11.4 Å². The van der Waals surface area contributed by atoms with Crippen LogP contribution < -0.4 is 15.0 Å². The molecule has 1 N–H and O–H groups in total. The molecule has 0 bridgehead atoms. The topological polar surface area (TPSA) is 24.5 Å². The van der Waals surface area contributed by atoms with Crippen molar-refractivity contribution in [2.45, 2.75) is 31.7 Å². The highest BCUT2D eigenvalue weighted by Crippen LogP contribution is 2.49. The highest BCUT2D eigenvalue weighted by Gasteiger charge is 2.45. The van der Waals surface area contributed by atoms with E-state index in [2.05, 4.69) is 35.3 Å². The van der Waals surface area contributed by atoms with Gasteiger partial charge in [0, 0.05) is 13.1 Å². The molecule has 0 radical (unpaired) electrons. The number of likely N-dealkylation sites (N-methyl/N-ethyl adjacent to an activating group) is 1. The standard InChI is InChI=1S/C14H20N2O/c1-3-16-13-11(6-4-7-12(13)17-2)15-10-14(16)8-5-9-14/h4,6-7,15H,3,5,8-10H2,1-2H3. The Balaban J connectivity index is 2.09. The zero-order valence-electron chi connectivity index (χ0n) is 10.6. The minimum Gasteiger partial charge on any atom is -0.495 e. The van der Waals surface area contributed by atoms with E-state index in [-0.39, 0.29) is 0 Å². The molecule has 92 valence electrons. The SMILES string of the molecule is CCN1c2c(cccc2OC)NCC12CCC2. The molecule has 1 aliphatic heterocycles. The zero-order valence-corrected chi connectivity index (χ0v) is 10.6. The Morgan fingerprint density at radius 1 is 1.41 bits per heavy atom. The first kappa shape index (κ1) is 10.8. The predicted octanol–water partition coefficient (Wildman–Crippen LogP) is 2.87. The van der Waals surface area contributed by atoms with E-state index in [1.165, 1.54) is 30.6 Å². The Labute approximate surface area is 103 Å². The van der Waals surface area contributed by atoms with Gasteiger partial charge in [-0.15, -0.1) is 0 Å².